The van der Waals surface area contributed by atoms with Crippen molar-refractivity contribution in [1.29, 1.82) is 0 Å². The highest BCUT2D eigenvalue weighted by atomic mass is 16.1. The topological polar surface area (TPSA) is 90.5 Å². The van der Waals surface area contributed by atoms with Crippen LogP contribution in [0.15, 0.2) is 49.3 Å². The molecule has 0 aliphatic rings. The van der Waals surface area contributed by atoms with Gasteiger partial charge in [-0.2, -0.15) is 5.10 Å². The number of nitrogens with zero attached hydrogens (tertiary/aromatic N) is 6. The summed E-state index contributed by atoms with van der Waals surface area (Å²) in [6.45, 7) is 1.65. The summed E-state index contributed by atoms with van der Waals surface area (Å²) in [4.78, 5) is 15.7. The summed E-state index contributed by atoms with van der Waals surface area (Å²) in [7, 11) is 0. The second-order valence-corrected chi connectivity index (χ2v) is 5.36. The third-order valence-electron chi connectivity index (χ3n) is 3.66. The Hall–Kier alpha value is -3.03. The molecule has 0 saturated heterocycles. The molecule has 124 valence electrons. The average molecular weight is 325 g/mol. The van der Waals surface area contributed by atoms with Gasteiger partial charge in [-0.3, -0.25) is 9.48 Å². The van der Waals surface area contributed by atoms with Gasteiger partial charge in [0.25, 0.3) is 0 Å². The predicted molar refractivity (Wildman–Crippen MR) is 86.7 cm³/mol. The van der Waals surface area contributed by atoms with E-state index in [-0.39, 0.29) is 5.91 Å². The van der Waals surface area contributed by atoms with Crippen molar-refractivity contribution in [3.05, 3.63) is 60.7 Å². The molecule has 0 saturated carbocycles. The average Bonchev–Trinajstić information content (AvgIpc) is 3.29. The third-order valence-corrected chi connectivity index (χ3v) is 3.66. The van der Waals surface area contributed by atoms with Crippen molar-refractivity contribution in [2.24, 2.45) is 0 Å². The Balaban J connectivity index is 1.45. The zero-order chi connectivity index (χ0) is 16.6. The Labute approximate surface area is 139 Å². The number of nitrogens with one attached hydrogen (secondary N) is 1. The number of hydrogen-bond acceptors (Lipinski definition) is 5. The maximum absolute atomic E-state index is 11.9. The van der Waals surface area contributed by atoms with E-state index >= 15 is 0 Å². The number of benzene rings is 1. The van der Waals surface area contributed by atoms with Crippen molar-refractivity contribution in [1.82, 2.24) is 34.8 Å². The lowest BCUT2D eigenvalue weighted by Crippen LogP contribution is -2.26. The molecule has 2 aromatic heterocycles. The van der Waals surface area contributed by atoms with E-state index in [0.29, 0.717) is 19.5 Å². The standard InChI is InChI=1S/C16H19N7O/c24-16(7-9-23-12-17-11-20-23)18-10-15-21-19-13-22(15)8-6-14-4-2-1-3-5-14/h1-5,11-13H,6-10H2,(H,18,24). The van der Waals surface area contributed by atoms with Crippen LogP contribution >= 0.6 is 0 Å². The molecule has 8 nitrogen and oxygen atoms in total. The lowest BCUT2D eigenvalue weighted by molar-refractivity contribution is -0.121. The molecule has 0 bridgehead atoms. The van der Waals surface area contributed by atoms with Crippen LogP contribution in [0.2, 0.25) is 0 Å². The van der Waals surface area contributed by atoms with E-state index in [4.69, 9.17) is 0 Å². The second-order valence-electron chi connectivity index (χ2n) is 5.36. The Morgan fingerprint density at radius 3 is 2.79 bits per heavy atom. The molecule has 3 rings (SSSR count). The van der Waals surface area contributed by atoms with E-state index in [1.165, 1.54) is 11.9 Å². The molecule has 3 aromatic rings. The first-order valence-corrected chi connectivity index (χ1v) is 7.81. The van der Waals surface area contributed by atoms with Crippen molar-refractivity contribution in [2.75, 3.05) is 0 Å². The molecule has 0 aliphatic heterocycles. The number of amides is 1. The van der Waals surface area contributed by atoms with Crippen molar-refractivity contribution < 1.29 is 4.79 Å². The normalized spacial score (nSPS) is 10.7. The third kappa shape index (κ3) is 4.48. The fourth-order valence-electron chi connectivity index (χ4n) is 2.33. The molecule has 1 N–H and O–H groups in total. The van der Waals surface area contributed by atoms with E-state index in [2.05, 4.69) is 37.7 Å². The molecular weight excluding hydrogens is 306 g/mol. The molecule has 0 fully saturated rings. The van der Waals surface area contributed by atoms with E-state index in [1.54, 1.807) is 17.3 Å². The highest BCUT2D eigenvalue weighted by Crippen LogP contribution is 2.03. The predicted octanol–water partition coefficient (Wildman–Crippen LogP) is 0.819. The van der Waals surface area contributed by atoms with Crippen LogP contribution in [0, 0.1) is 0 Å². The molecule has 0 unspecified atom stereocenters. The molecule has 1 amide bonds. The van der Waals surface area contributed by atoms with Crippen LogP contribution in [-0.4, -0.2) is 35.4 Å². The number of carbonyl (C=O) groups excluding carboxylic acids is 1. The monoisotopic (exact) mass is 325 g/mol. The summed E-state index contributed by atoms with van der Waals surface area (Å²) < 4.78 is 3.59. The zero-order valence-electron chi connectivity index (χ0n) is 13.2. The molecule has 2 heterocycles. The zero-order valence-corrected chi connectivity index (χ0v) is 13.2. The van der Waals surface area contributed by atoms with E-state index in [0.717, 1.165) is 18.8 Å². The van der Waals surface area contributed by atoms with Crippen LogP contribution < -0.4 is 5.32 Å². The Bertz CT molecular complexity index is 752. The molecule has 0 aliphatic carbocycles. The molecular formula is C16H19N7O. The number of aromatic nitrogens is 6. The molecule has 0 spiro atoms. The number of carbonyl (C=O) groups is 1. The van der Waals surface area contributed by atoms with Gasteiger partial charge < -0.3 is 9.88 Å². The first kappa shape index (κ1) is 15.9. The smallest absolute Gasteiger partial charge is 0.222 e. The first-order chi connectivity index (χ1) is 11.8. The van der Waals surface area contributed by atoms with Gasteiger partial charge in [0.05, 0.1) is 13.1 Å². The summed E-state index contributed by atoms with van der Waals surface area (Å²) in [6.07, 6.45) is 5.98. The van der Waals surface area contributed by atoms with Crippen LogP contribution in [-0.2, 0) is 30.8 Å². The van der Waals surface area contributed by atoms with E-state index in [1.807, 2.05) is 22.8 Å². The van der Waals surface area contributed by atoms with Gasteiger partial charge in [-0.05, 0) is 12.0 Å². The Morgan fingerprint density at radius 1 is 1.12 bits per heavy atom. The van der Waals surface area contributed by atoms with Crippen LogP contribution in [0.25, 0.3) is 0 Å². The Kier molecular flexibility index (Phi) is 5.28. The van der Waals surface area contributed by atoms with Gasteiger partial charge in [0, 0.05) is 13.0 Å². The fraction of sp³-hybridized carbons (Fsp3) is 0.312. The van der Waals surface area contributed by atoms with Crippen molar-refractivity contribution >= 4 is 5.91 Å². The summed E-state index contributed by atoms with van der Waals surface area (Å²) in [5, 5.41) is 14.8. The largest absolute Gasteiger partial charge is 0.349 e. The van der Waals surface area contributed by atoms with Gasteiger partial charge in [0.2, 0.25) is 5.91 Å². The number of aryl methyl sites for hydroxylation is 3. The van der Waals surface area contributed by atoms with Crippen molar-refractivity contribution in [3.63, 3.8) is 0 Å². The minimum Gasteiger partial charge on any atom is -0.349 e. The van der Waals surface area contributed by atoms with Crippen molar-refractivity contribution in [3.8, 4) is 0 Å². The Morgan fingerprint density at radius 2 is 2.00 bits per heavy atom. The van der Waals surface area contributed by atoms with Crippen LogP contribution in [0.3, 0.4) is 0 Å². The minimum absolute atomic E-state index is 0.0527. The van der Waals surface area contributed by atoms with Crippen LogP contribution in [0.5, 0.6) is 0 Å². The SMILES string of the molecule is O=C(CCn1cncn1)NCc1nncn1CCc1ccccc1. The van der Waals surface area contributed by atoms with Gasteiger partial charge >= 0.3 is 0 Å². The van der Waals surface area contributed by atoms with Crippen LogP contribution in [0.4, 0.5) is 0 Å². The second kappa shape index (κ2) is 8.00. The minimum atomic E-state index is -0.0527. The van der Waals surface area contributed by atoms with Gasteiger partial charge in [0.15, 0.2) is 5.82 Å². The first-order valence-electron chi connectivity index (χ1n) is 7.81. The summed E-state index contributed by atoms with van der Waals surface area (Å²) >= 11 is 0. The highest BCUT2D eigenvalue weighted by molar-refractivity contribution is 5.75. The number of rotatable bonds is 8. The molecule has 24 heavy (non-hydrogen) atoms. The summed E-state index contributed by atoms with van der Waals surface area (Å²) in [6, 6.07) is 10.2. The summed E-state index contributed by atoms with van der Waals surface area (Å²) in [5.74, 6) is 0.697. The van der Waals surface area contributed by atoms with Crippen molar-refractivity contribution in [2.45, 2.75) is 32.5 Å². The van der Waals surface area contributed by atoms with E-state index < -0.39 is 0 Å². The van der Waals surface area contributed by atoms with E-state index in [9.17, 15) is 4.79 Å². The number of hydrogen-bond donors (Lipinski definition) is 1. The van der Waals surface area contributed by atoms with Gasteiger partial charge in [0.1, 0.15) is 19.0 Å². The lowest BCUT2D eigenvalue weighted by Gasteiger charge is -2.08. The fourth-order valence-corrected chi connectivity index (χ4v) is 2.33. The quantitative estimate of drug-likeness (QED) is 0.662. The summed E-state index contributed by atoms with van der Waals surface area (Å²) in [5.41, 5.74) is 1.26. The van der Waals surface area contributed by atoms with Gasteiger partial charge in [-0.15, -0.1) is 10.2 Å². The molecule has 0 radical (unpaired) electrons. The maximum Gasteiger partial charge on any atom is 0.222 e. The highest BCUT2D eigenvalue weighted by Gasteiger charge is 2.07. The van der Waals surface area contributed by atoms with Crippen LogP contribution in [0.1, 0.15) is 17.8 Å². The molecule has 8 heteroatoms. The van der Waals surface area contributed by atoms with Gasteiger partial charge in [-0.25, -0.2) is 4.98 Å². The lowest BCUT2D eigenvalue weighted by atomic mass is 10.1. The molecule has 1 aromatic carbocycles. The van der Waals surface area contributed by atoms with Gasteiger partial charge in [-0.1, -0.05) is 30.3 Å². The maximum atomic E-state index is 11.9. The molecule has 0 atom stereocenters.